The Labute approximate surface area is 133 Å². The molecule has 0 radical (unpaired) electrons. The number of hydrogen-bond donors (Lipinski definition) is 0. The number of methoxy groups -OCH3 is 1. The maximum absolute atomic E-state index is 13.2. The highest BCUT2D eigenvalue weighted by atomic mass is 19.1. The van der Waals surface area contributed by atoms with Gasteiger partial charge in [0.15, 0.2) is 0 Å². The van der Waals surface area contributed by atoms with Gasteiger partial charge >= 0.3 is 0 Å². The van der Waals surface area contributed by atoms with E-state index in [2.05, 4.69) is 4.98 Å². The van der Waals surface area contributed by atoms with Crippen LogP contribution in [0.4, 0.5) is 4.39 Å². The van der Waals surface area contributed by atoms with Crippen molar-refractivity contribution in [3.05, 3.63) is 54.0 Å². The Balaban J connectivity index is 1.61. The fourth-order valence-electron chi connectivity index (χ4n) is 2.55. The summed E-state index contributed by atoms with van der Waals surface area (Å²) in [5.74, 6) is 0.522. The number of likely N-dealkylation sites (tertiary alicyclic amines) is 1. The van der Waals surface area contributed by atoms with E-state index in [0.717, 1.165) is 0 Å². The van der Waals surface area contributed by atoms with Crippen LogP contribution in [0.25, 0.3) is 0 Å². The second-order valence-corrected chi connectivity index (χ2v) is 5.33. The van der Waals surface area contributed by atoms with E-state index in [1.807, 2.05) is 0 Å². The number of hydrogen-bond acceptors (Lipinski definition) is 4. The molecule has 2 aromatic rings. The summed E-state index contributed by atoms with van der Waals surface area (Å²) < 4.78 is 23.9. The van der Waals surface area contributed by atoms with E-state index in [1.165, 1.54) is 25.4 Å². The molecule has 0 aliphatic carbocycles. The van der Waals surface area contributed by atoms with Crippen LogP contribution in [0.3, 0.4) is 0 Å². The van der Waals surface area contributed by atoms with Crippen LogP contribution in [0.1, 0.15) is 16.8 Å². The van der Waals surface area contributed by atoms with Crippen molar-refractivity contribution in [1.29, 1.82) is 0 Å². The molecular weight excluding hydrogens is 299 g/mol. The second kappa shape index (κ2) is 6.64. The Hall–Kier alpha value is -2.63. The van der Waals surface area contributed by atoms with Gasteiger partial charge in [-0.2, -0.15) is 0 Å². The number of ether oxygens (including phenoxy) is 2. The zero-order valence-corrected chi connectivity index (χ0v) is 12.7. The predicted octanol–water partition coefficient (Wildman–Crippen LogP) is 2.52. The van der Waals surface area contributed by atoms with Gasteiger partial charge in [0.2, 0.25) is 5.88 Å². The third-order valence-electron chi connectivity index (χ3n) is 3.72. The van der Waals surface area contributed by atoms with Crippen LogP contribution in [0.15, 0.2) is 42.6 Å². The summed E-state index contributed by atoms with van der Waals surface area (Å²) in [5, 5.41) is 0. The fraction of sp³-hybridized carbons (Fsp3) is 0.294. The van der Waals surface area contributed by atoms with Crippen molar-refractivity contribution < 1.29 is 18.7 Å². The van der Waals surface area contributed by atoms with E-state index in [4.69, 9.17) is 9.47 Å². The molecule has 23 heavy (non-hydrogen) atoms. The number of carbonyl (C=O) groups is 1. The number of halogens is 1. The van der Waals surface area contributed by atoms with E-state index in [9.17, 15) is 9.18 Å². The normalized spacial score (nSPS) is 17.1. The van der Waals surface area contributed by atoms with Gasteiger partial charge in [0, 0.05) is 31.3 Å². The molecule has 6 heteroatoms. The van der Waals surface area contributed by atoms with Crippen molar-refractivity contribution in [3.8, 4) is 11.6 Å². The van der Waals surface area contributed by atoms with E-state index in [0.29, 0.717) is 36.7 Å². The van der Waals surface area contributed by atoms with Crippen LogP contribution in [0.2, 0.25) is 0 Å². The molecule has 0 spiro atoms. The first-order chi connectivity index (χ1) is 11.2. The molecule has 0 saturated carbocycles. The molecule has 1 aromatic carbocycles. The van der Waals surface area contributed by atoms with Gasteiger partial charge in [0.05, 0.1) is 19.2 Å². The van der Waals surface area contributed by atoms with Crippen molar-refractivity contribution in [3.63, 3.8) is 0 Å². The summed E-state index contributed by atoms with van der Waals surface area (Å²) in [7, 11) is 1.53. The Morgan fingerprint density at radius 2 is 2.22 bits per heavy atom. The lowest BCUT2D eigenvalue weighted by Gasteiger charge is -2.17. The molecule has 0 bridgehead atoms. The van der Waals surface area contributed by atoms with Crippen LogP contribution in [-0.2, 0) is 0 Å². The first-order valence-electron chi connectivity index (χ1n) is 7.37. The third kappa shape index (κ3) is 3.59. The Bertz CT molecular complexity index is 690. The predicted molar refractivity (Wildman–Crippen MR) is 82.1 cm³/mol. The first-order valence-corrected chi connectivity index (χ1v) is 7.37. The summed E-state index contributed by atoms with van der Waals surface area (Å²) in [4.78, 5) is 18.2. The highest BCUT2D eigenvalue weighted by molar-refractivity contribution is 5.94. The summed E-state index contributed by atoms with van der Waals surface area (Å²) >= 11 is 0. The van der Waals surface area contributed by atoms with Gasteiger partial charge in [-0.25, -0.2) is 9.37 Å². The largest absolute Gasteiger partial charge is 0.488 e. The third-order valence-corrected chi connectivity index (χ3v) is 3.72. The molecule has 1 unspecified atom stereocenters. The van der Waals surface area contributed by atoms with E-state index < -0.39 is 0 Å². The molecule has 1 fully saturated rings. The molecule has 1 atom stereocenters. The zero-order chi connectivity index (χ0) is 16.2. The van der Waals surface area contributed by atoms with Gasteiger partial charge in [0.1, 0.15) is 17.7 Å². The van der Waals surface area contributed by atoms with E-state index in [-0.39, 0.29) is 17.8 Å². The van der Waals surface area contributed by atoms with E-state index >= 15 is 0 Å². The van der Waals surface area contributed by atoms with Crippen molar-refractivity contribution in [1.82, 2.24) is 9.88 Å². The summed E-state index contributed by atoms with van der Waals surface area (Å²) in [6.45, 7) is 1.08. The molecular formula is C17H17FN2O3. The minimum atomic E-state index is -0.335. The minimum absolute atomic E-state index is 0.0921. The first kappa shape index (κ1) is 15.3. The number of pyridine rings is 1. The fourth-order valence-corrected chi connectivity index (χ4v) is 2.55. The van der Waals surface area contributed by atoms with Crippen molar-refractivity contribution in [2.45, 2.75) is 12.5 Å². The number of rotatable bonds is 4. The number of aromatic nitrogens is 1. The number of carbonyl (C=O) groups excluding carboxylic acids is 1. The molecule has 1 amide bonds. The molecule has 1 aliphatic rings. The van der Waals surface area contributed by atoms with Crippen molar-refractivity contribution >= 4 is 5.91 Å². The SMILES string of the molecule is COc1ccc(C(=O)N2CCC(Oc3cccc(F)c3)C2)cn1. The van der Waals surface area contributed by atoms with Crippen LogP contribution in [0, 0.1) is 5.82 Å². The summed E-state index contributed by atoms with van der Waals surface area (Å²) in [6.07, 6.45) is 2.08. The van der Waals surface area contributed by atoms with Crippen LogP contribution < -0.4 is 9.47 Å². The average molecular weight is 316 g/mol. The van der Waals surface area contributed by atoms with Crippen LogP contribution in [0.5, 0.6) is 11.6 Å². The lowest BCUT2D eigenvalue weighted by atomic mass is 10.2. The van der Waals surface area contributed by atoms with Crippen molar-refractivity contribution in [2.24, 2.45) is 0 Å². The molecule has 0 N–H and O–H groups in total. The van der Waals surface area contributed by atoms with Gasteiger partial charge in [-0.3, -0.25) is 4.79 Å². The van der Waals surface area contributed by atoms with Gasteiger partial charge in [-0.05, 0) is 18.2 Å². The standard InChI is InChI=1S/C17H17FN2O3/c1-22-16-6-5-12(10-19-16)17(21)20-8-7-15(11-20)23-14-4-2-3-13(18)9-14/h2-6,9-10,15H,7-8,11H2,1H3. The van der Waals surface area contributed by atoms with Gasteiger partial charge in [0.25, 0.3) is 5.91 Å². The molecule has 5 nitrogen and oxygen atoms in total. The quantitative estimate of drug-likeness (QED) is 0.870. The monoisotopic (exact) mass is 316 g/mol. The topological polar surface area (TPSA) is 51.7 Å². The number of nitrogens with zero attached hydrogens (tertiary/aromatic N) is 2. The molecule has 1 saturated heterocycles. The molecule has 2 heterocycles. The number of benzene rings is 1. The zero-order valence-electron chi connectivity index (χ0n) is 12.7. The molecule has 120 valence electrons. The average Bonchev–Trinajstić information content (AvgIpc) is 3.03. The van der Waals surface area contributed by atoms with Gasteiger partial charge in [-0.1, -0.05) is 6.07 Å². The van der Waals surface area contributed by atoms with Crippen LogP contribution >= 0.6 is 0 Å². The maximum Gasteiger partial charge on any atom is 0.255 e. The molecule has 1 aliphatic heterocycles. The Kier molecular flexibility index (Phi) is 4.41. The highest BCUT2D eigenvalue weighted by Crippen LogP contribution is 2.20. The lowest BCUT2D eigenvalue weighted by Crippen LogP contribution is -2.31. The highest BCUT2D eigenvalue weighted by Gasteiger charge is 2.28. The Morgan fingerprint density at radius 1 is 1.35 bits per heavy atom. The van der Waals surface area contributed by atoms with Crippen LogP contribution in [-0.4, -0.2) is 42.1 Å². The summed E-state index contributed by atoms with van der Waals surface area (Å²) in [5.41, 5.74) is 0.511. The lowest BCUT2D eigenvalue weighted by molar-refractivity contribution is 0.0772. The summed E-state index contributed by atoms with van der Waals surface area (Å²) in [6, 6.07) is 9.37. The smallest absolute Gasteiger partial charge is 0.255 e. The maximum atomic E-state index is 13.2. The van der Waals surface area contributed by atoms with E-state index in [1.54, 1.807) is 29.2 Å². The second-order valence-electron chi connectivity index (χ2n) is 5.33. The molecule has 3 rings (SSSR count). The van der Waals surface area contributed by atoms with Crippen molar-refractivity contribution in [2.75, 3.05) is 20.2 Å². The minimum Gasteiger partial charge on any atom is -0.488 e. The number of amides is 1. The molecule has 1 aromatic heterocycles. The van der Waals surface area contributed by atoms with Gasteiger partial charge < -0.3 is 14.4 Å². The Morgan fingerprint density at radius 3 is 2.91 bits per heavy atom. The van der Waals surface area contributed by atoms with Gasteiger partial charge in [-0.15, -0.1) is 0 Å².